The number of rotatable bonds is 10. The first-order chi connectivity index (χ1) is 10.0. The predicted molar refractivity (Wildman–Crippen MR) is 104 cm³/mol. The number of unbranched alkanes of at least 4 members (excludes halogenated alkanes) is 1. The van der Waals surface area contributed by atoms with Crippen LogP contribution in [-0.4, -0.2) is 30.4 Å². The predicted octanol–water partition coefficient (Wildman–Crippen LogP) is 3.68. The summed E-state index contributed by atoms with van der Waals surface area (Å²) >= 11 is 6.20. The minimum absolute atomic E-state index is 0. The Balaban J connectivity index is 0. The summed E-state index contributed by atoms with van der Waals surface area (Å²) in [6.07, 6.45) is 4.36. The molecule has 0 spiro atoms. The van der Waals surface area contributed by atoms with Crippen molar-refractivity contribution in [3.63, 3.8) is 0 Å². The molecule has 0 aromatic heterocycles. The van der Waals surface area contributed by atoms with Crippen molar-refractivity contribution in [1.82, 2.24) is 4.90 Å². The number of primary amides is 1. The van der Waals surface area contributed by atoms with Crippen molar-refractivity contribution in [2.45, 2.75) is 39.0 Å². The zero-order valence-electron chi connectivity index (χ0n) is 13.6. The van der Waals surface area contributed by atoms with Crippen LogP contribution in [0.2, 0.25) is 5.02 Å². The molecule has 4 N–H and O–H groups in total. The first-order valence-electron chi connectivity index (χ1n) is 7.57. The summed E-state index contributed by atoms with van der Waals surface area (Å²) in [6, 6.07) is 5.68. The number of nitrogens with two attached hydrogens (primary N) is 2. The summed E-state index contributed by atoms with van der Waals surface area (Å²) in [5.74, 6) is -0.217. The number of carbonyl (C=O) groups excluding carboxylic acids is 1. The number of anilines is 1. The molecule has 1 aromatic carbocycles. The van der Waals surface area contributed by atoms with Gasteiger partial charge in [-0.25, -0.2) is 0 Å². The fraction of sp³-hybridized carbons (Fsp3) is 0.562. The molecule has 0 aliphatic carbocycles. The van der Waals surface area contributed by atoms with E-state index < -0.39 is 0 Å². The molecule has 0 saturated carbocycles. The van der Waals surface area contributed by atoms with E-state index in [0.717, 1.165) is 55.9 Å². The summed E-state index contributed by atoms with van der Waals surface area (Å²) in [5, 5.41) is 0.736. The number of hydrogen-bond acceptors (Lipinski definition) is 3. The van der Waals surface area contributed by atoms with Gasteiger partial charge in [-0.3, -0.25) is 4.79 Å². The molecule has 7 heteroatoms. The third-order valence-corrected chi connectivity index (χ3v) is 3.81. The maximum atomic E-state index is 10.7. The highest BCUT2D eigenvalue weighted by Crippen LogP contribution is 2.20. The Bertz CT molecular complexity index is 458. The van der Waals surface area contributed by atoms with Gasteiger partial charge in [-0.2, -0.15) is 0 Å². The van der Waals surface area contributed by atoms with Crippen LogP contribution >= 0.6 is 36.4 Å². The number of carbonyl (C=O) groups is 1. The SMILES string of the molecule is CCCN(CCCCC(N)=O)CCc1ccc(N)cc1Cl.Cl.Cl. The van der Waals surface area contributed by atoms with Gasteiger partial charge in [-0.1, -0.05) is 24.6 Å². The van der Waals surface area contributed by atoms with E-state index in [1.165, 1.54) is 0 Å². The Labute approximate surface area is 156 Å². The van der Waals surface area contributed by atoms with Crippen LogP contribution in [0, 0.1) is 0 Å². The van der Waals surface area contributed by atoms with E-state index in [0.29, 0.717) is 12.1 Å². The molecule has 4 nitrogen and oxygen atoms in total. The Kier molecular flexibility index (Phi) is 14.7. The van der Waals surface area contributed by atoms with Crippen molar-refractivity contribution >= 4 is 48.0 Å². The molecule has 1 aromatic rings. The molecule has 23 heavy (non-hydrogen) atoms. The fourth-order valence-corrected chi connectivity index (χ4v) is 2.61. The van der Waals surface area contributed by atoms with Gasteiger partial charge in [-0.05, 0) is 56.5 Å². The van der Waals surface area contributed by atoms with E-state index in [1.54, 1.807) is 6.07 Å². The first kappa shape index (κ1) is 24.6. The standard InChI is InChI=1S/C16H26ClN3O.2ClH/c1-2-9-20(10-4-3-5-16(19)21)11-8-13-6-7-14(18)12-15(13)17;;/h6-7,12H,2-5,8-11,18H2,1H3,(H2,19,21);2*1H. The van der Waals surface area contributed by atoms with Gasteiger partial charge in [0.15, 0.2) is 0 Å². The van der Waals surface area contributed by atoms with Crippen LogP contribution in [0.15, 0.2) is 18.2 Å². The fourth-order valence-electron chi connectivity index (χ4n) is 2.33. The summed E-state index contributed by atoms with van der Waals surface area (Å²) < 4.78 is 0. The second-order valence-electron chi connectivity index (χ2n) is 5.37. The zero-order valence-corrected chi connectivity index (χ0v) is 16.0. The zero-order chi connectivity index (χ0) is 15.7. The summed E-state index contributed by atoms with van der Waals surface area (Å²) in [5.41, 5.74) is 12.7. The smallest absolute Gasteiger partial charge is 0.217 e. The average molecular weight is 385 g/mol. The van der Waals surface area contributed by atoms with Crippen molar-refractivity contribution in [2.24, 2.45) is 5.73 Å². The van der Waals surface area contributed by atoms with Gasteiger partial charge >= 0.3 is 0 Å². The second kappa shape index (κ2) is 13.7. The summed E-state index contributed by atoms with van der Waals surface area (Å²) in [7, 11) is 0. The molecular weight excluding hydrogens is 357 g/mol. The summed E-state index contributed by atoms with van der Waals surface area (Å²) in [6.45, 7) is 5.19. The monoisotopic (exact) mass is 383 g/mol. The van der Waals surface area contributed by atoms with E-state index in [2.05, 4.69) is 11.8 Å². The highest BCUT2D eigenvalue weighted by molar-refractivity contribution is 6.31. The molecule has 0 aliphatic rings. The molecule has 0 saturated heterocycles. The molecule has 0 unspecified atom stereocenters. The van der Waals surface area contributed by atoms with E-state index in [4.69, 9.17) is 23.1 Å². The van der Waals surface area contributed by atoms with Crippen LogP contribution in [-0.2, 0) is 11.2 Å². The molecule has 0 radical (unpaired) electrons. The summed E-state index contributed by atoms with van der Waals surface area (Å²) in [4.78, 5) is 13.1. The van der Waals surface area contributed by atoms with Crippen LogP contribution in [0.3, 0.4) is 0 Å². The first-order valence-corrected chi connectivity index (χ1v) is 7.95. The van der Waals surface area contributed by atoms with Gasteiger partial charge in [0.25, 0.3) is 0 Å². The van der Waals surface area contributed by atoms with Gasteiger partial charge in [-0.15, -0.1) is 24.8 Å². The lowest BCUT2D eigenvalue weighted by atomic mass is 10.1. The molecular formula is C16H28Cl3N3O. The average Bonchev–Trinajstić information content (AvgIpc) is 2.42. The Morgan fingerprint density at radius 3 is 2.43 bits per heavy atom. The molecule has 1 amide bonds. The van der Waals surface area contributed by atoms with E-state index >= 15 is 0 Å². The molecule has 134 valence electrons. The van der Waals surface area contributed by atoms with Crippen LogP contribution in [0.4, 0.5) is 5.69 Å². The van der Waals surface area contributed by atoms with Crippen molar-refractivity contribution in [3.05, 3.63) is 28.8 Å². The number of nitrogen functional groups attached to an aromatic ring is 1. The highest BCUT2D eigenvalue weighted by Gasteiger charge is 2.07. The number of nitrogens with zero attached hydrogens (tertiary/aromatic N) is 1. The highest BCUT2D eigenvalue weighted by atomic mass is 35.5. The largest absolute Gasteiger partial charge is 0.399 e. The molecule has 0 bridgehead atoms. The van der Waals surface area contributed by atoms with Gasteiger partial charge in [0.2, 0.25) is 5.91 Å². The lowest BCUT2D eigenvalue weighted by Crippen LogP contribution is -2.28. The van der Waals surface area contributed by atoms with Crippen molar-refractivity contribution < 1.29 is 4.79 Å². The molecule has 1 rings (SSSR count). The quantitative estimate of drug-likeness (QED) is 0.477. The lowest BCUT2D eigenvalue weighted by molar-refractivity contribution is -0.118. The van der Waals surface area contributed by atoms with Crippen molar-refractivity contribution in [3.8, 4) is 0 Å². The van der Waals surface area contributed by atoms with Crippen LogP contribution < -0.4 is 11.5 Å². The Morgan fingerprint density at radius 1 is 1.17 bits per heavy atom. The van der Waals surface area contributed by atoms with Crippen LogP contribution in [0.25, 0.3) is 0 Å². The Morgan fingerprint density at radius 2 is 1.87 bits per heavy atom. The van der Waals surface area contributed by atoms with Crippen LogP contribution in [0.5, 0.6) is 0 Å². The van der Waals surface area contributed by atoms with Crippen LogP contribution in [0.1, 0.15) is 38.2 Å². The maximum absolute atomic E-state index is 10.7. The molecule has 0 fully saturated rings. The van der Waals surface area contributed by atoms with E-state index in [1.807, 2.05) is 12.1 Å². The van der Waals surface area contributed by atoms with E-state index in [-0.39, 0.29) is 30.7 Å². The molecule has 0 aliphatic heterocycles. The number of amides is 1. The third-order valence-electron chi connectivity index (χ3n) is 3.46. The third kappa shape index (κ3) is 10.7. The number of benzene rings is 1. The lowest BCUT2D eigenvalue weighted by Gasteiger charge is -2.21. The maximum Gasteiger partial charge on any atom is 0.217 e. The van der Waals surface area contributed by atoms with Crippen molar-refractivity contribution in [1.29, 1.82) is 0 Å². The van der Waals surface area contributed by atoms with E-state index in [9.17, 15) is 4.79 Å². The van der Waals surface area contributed by atoms with Gasteiger partial charge in [0.1, 0.15) is 0 Å². The van der Waals surface area contributed by atoms with Gasteiger partial charge in [0.05, 0.1) is 0 Å². The number of hydrogen-bond donors (Lipinski definition) is 2. The van der Waals surface area contributed by atoms with Gasteiger partial charge in [0, 0.05) is 23.7 Å². The molecule has 0 heterocycles. The molecule has 0 atom stereocenters. The van der Waals surface area contributed by atoms with Gasteiger partial charge < -0.3 is 16.4 Å². The topological polar surface area (TPSA) is 72.3 Å². The number of halogens is 3. The van der Waals surface area contributed by atoms with Crippen molar-refractivity contribution in [2.75, 3.05) is 25.4 Å². The minimum Gasteiger partial charge on any atom is -0.399 e. The second-order valence-corrected chi connectivity index (χ2v) is 5.77. The minimum atomic E-state index is -0.217. The normalized spacial score (nSPS) is 10.0. The Hall–Kier alpha value is -0.680.